The number of benzene rings is 1. The number of hydrogen-bond acceptors (Lipinski definition) is 4. The molecule has 2 rings (SSSR count). The lowest BCUT2D eigenvalue weighted by Crippen LogP contribution is -2.26. The molecule has 1 aromatic carbocycles. The number of thiazole rings is 1. The van der Waals surface area contributed by atoms with Crippen molar-refractivity contribution in [3.8, 4) is 10.6 Å². The Balaban J connectivity index is 2.03. The molecule has 0 saturated carbocycles. The van der Waals surface area contributed by atoms with Crippen molar-refractivity contribution in [2.75, 3.05) is 6.54 Å². The summed E-state index contributed by atoms with van der Waals surface area (Å²) in [5.74, 6) is -0.227. The Morgan fingerprint density at radius 2 is 2.35 bits per heavy atom. The van der Waals surface area contributed by atoms with E-state index in [-0.39, 0.29) is 5.91 Å². The molecule has 1 amide bonds. The minimum Gasteiger partial charge on any atom is -0.393 e. The van der Waals surface area contributed by atoms with E-state index in [1.54, 1.807) is 18.4 Å². The predicted octanol–water partition coefficient (Wildman–Crippen LogP) is 2.96. The molecule has 0 spiro atoms. The van der Waals surface area contributed by atoms with Gasteiger partial charge in [0.2, 0.25) is 0 Å². The Kier molecular flexibility index (Phi) is 5.11. The highest BCUT2D eigenvalue weighted by Crippen LogP contribution is 2.25. The molecule has 0 radical (unpaired) electrons. The Morgan fingerprint density at radius 1 is 1.55 bits per heavy atom. The highest BCUT2D eigenvalue weighted by molar-refractivity contribution is 7.13. The highest BCUT2D eigenvalue weighted by Gasteiger charge is 2.11. The number of nitrogens with one attached hydrogen (secondary N) is 1. The summed E-state index contributed by atoms with van der Waals surface area (Å²) < 4.78 is 0. The molecule has 2 N–H and O–H groups in total. The maximum Gasteiger partial charge on any atom is 0.270 e. The van der Waals surface area contributed by atoms with Gasteiger partial charge in [0.15, 0.2) is 0 Å². The normalized spacial score (nSPS) is 12.2. The van der Waals surface area contributed by atoms with Gasteiger partial charge in [-0.05, 0) is 25.5 Å². The molecule has 20 heavy (non-hydrogen) atoms. The van der Waals surface area contributed by atoms with Gasteiger partial charge >= 0.3 is 0 Å². The zero-order valence-electron chi connectivity index (χ0n) is 11.0. The van der Waals surface area contributed by atoms with Crippen molar-refractivity contribution >= 4 is 28.8 Å². The van der Waals surface area contributed by atoms with Crippen LogP contribution in [0, 0.1) is 0 Å². The number of halogens is 1. The van der Waals surface area contributed by atoms with Gasteiger partial charge in [-0.15, -0.1) is 11.3 Å². The molecule has 4 nitrogen and oxygen atoms in total. The number of rotatable bonds is 5. The minimum atomic E-state index is -0.423. The summed E-state index contributed by atoms with van der Waals surface area (Å²) in [5.41, 5.74) is 1.28. The first-order valence-electron chi connectivity index (χ1n) is 6.24. The fourth-order valence-electron chi connectivity index (χ4n) is 1.62. The van der Waals surface area contributed by atoms with Gasteiger partial charge in [-0.1, -0.05) is 23.7 Å². The van der Waals surface area contributed by atoms with Crippen LogP contribution in [0.15, 0.2) is 29.6 Å². The van der Waals surface area contributed by atoms with Crippen molar-refractivity contribution in [2.45, 2.75) is 19.4 Å². The zero-order chi connectivity index (χ0) is 14.5. The maximum absolute atomic E-state index is 11.9. The second kappa shape index (κ2) is 6.83. The summed E-state index contributed by atoms with van der Waals surface area (Å²) in [6, 6.07) is 7.36. The molecule has 0 fully saturated rings. The van der Waals surface area contributed by atoms with Gasteiger partial charge < -0.3 is 10.4 Å². The number of aromatic nitrogens is 1. The van der Waals surface area contributed by atoms with Gasteiger partial charge in [0.05, 0.1) is 6.10 Å². The van der Waals surface area contributed by atoms with E-state index in [9.17, 15) is 4.79 Å². The fourth-order valence-corrected chi connectivity index (χ4v) is 2.60. The van der Waals surface area contributed by atoms with Crippen molar-refractivity contribution in [3.63, 3.8) is 0 Å². The molecule has 1 heterocycles. The first kappa shape index (κ1) is 15.0. The van der Waals surface area contributed by atoms with Crippen LogP contribution in [-0.2, 0) is 0 Å². The molecule has 106 valence electrons. The average molecular weight is 311 g/mol. The third-order valence-corrected chi connectivity index (χ3v) is 3.78. The van der Waals surface area contributed by atoms with Crippen LogP contribution in [0.5, 0.6) is 0 Å². The van der Waals surface area contributed by atoms with Gasteiger partial charge in [-0.25, -0.2) is 4.98 Å². The van der Waals surface area contributed by atoms with Crippen LogP contribution in [0.4, 0.5) is 0 Å². The molecule has 0 aliphatic rings. The largest absolute Gasteiger partial charge is 0.393 e. The third-order valence-electron chi connectivity index (χ3n) is 2.66. The van der Waals surface area contributed by atoms with Crippen LogP contribution < -0.4 is 5.32 Å². The Morgan fingerprint density at radius 3 is 3.05 bits per heavy atom. The van der Waals surface area contributed by atoms with E-state index in [4.69, 9.17) is 16.7 Å². The number of amides is 1. The molecule has 0 bridgehead atoms. The fraction of sp³-hybridized carbons (Fsp3) is 0.286. The molecular weight excluding hydrogens is 296 g/mol. The van der Waals surface area contributed by atoms with Crippen LogP contribution in [0.1, 0.15) is 23.8 Å². The number of carbonyl (C=O) groups is 1. The van der Waals surface area contributed by atoms with Gasteiger partial charge in [0, 0.05) is 22.5 Å². The van der Waals surface area contributed by atoms with E-state index in [0.717, 1.165) is 10.6 Å². The average Bonchev–Trinajstić information content (AvgIpc) is 2.87. The van der Waals surface area contributed by atoms with Crippen LogP contribution in [0.25, 0.3) is 10.6 Å². The lowest BCUT2D eigenvalue weighted by molar-refractivity contribution is 0.0941. The van der Waals surface area contributed by atoms with E-state index in [0.29, 0.717) is 23.7 Å². The van der Waals surface area contributed by atoms with Crippen LogP contribution >= 0.6 is 22.9 Å². The molecule has 6 heteroatoms. The van der Waals surface area contributed by atoms with Crippen LogP contribution in [0.2, 0.25) is 5.02 Å². The molecule has 1 unspecified atom stereocenters. The summed E-state index contributed by atoms with van der Waals surface area (Å²) >= 11 is 7.34. The standard InChI is InChI=1S/C14H15ClN2O2S/c1-9(18)5-6-16-13(19)12-8-20-14(17-12)10-3-2-4-11(15)7-10/h2-4,7-9,18H,5-6H2,1H3,(H,16,19). The van der Waals surface area contributed by atoms with E-state index < -0.39 is 6.10 Å². The molecule has 0 aliphatic heterocycles. The number of nitrogens with zero attached hydrogens (tertiary/aromatic N) is 1. The molecule has 1 aromatic heterocycles. The molecule has 0 aliphatic carbocycles. The zero-order valence-corrected chi connectivity index (χ0v) is 12.5. The van der Waals surface area contributed by atoms with Crippen LogP contribution in [-0.4, -0.2) is 28.6 Å². The Hall–Kier alpha value is -1.43. The summed E-state index contributed by atoms with van der Waals surface area (Å²) in [5, 5.41) is 15.0. The lowest BCUT2D eigenvalue weighted by atomic mass is 10.2. The van der Waals surface area contributed by atoms with Crippen molar-refractivity contribution in [2.24, 2.45) is 0 Å². The van der Waals surface area contributed by atoms with E-state index in [2.05, 4.69) is 10.3 Å². The van der Waals surface area contributed by atoms with Crippen molar-refractivity contribution in [3.05, 3.63) is 40.4 Å². The maximum atomic E-state index is 11.9. The van der Waals surface area contributed by atoms with Crippen molar-refractivity contribution < 1.29 is 9.90 Å². The summed E-state index contributed by atoms with van der Waals surface area (Å²) in [7, 11) is 0. The van der Waals surface area contributed by atoms with Gasteiger partial charge in [0.25, 0.3) is 5.91 Å². The molecule has 0 saturated heterocycles. The van der Waals surface area contributed by atoms with Gasteiger partial charge in [0.1, 0.15) is 10.7 Å². The molecular formula is C14H15ClN2O2S. The summed E-state index contributed by atoms with van der Waals surface area (Å²) in [6.45, 7) is 2.12. The first-order chi connectivity index (χ1) is 9.56. The lowest BCUT2D eigenvalue weighted by Gasteiger charge is -2.04. The minimum absolute atomic E-state index is 0.227. The van der Waals surface area contributed by atoms with Gasteiger partial charge in [-0.2, -0.15) is 0 Å². The summed E-state index contributed by atoms with van der Waals surface area (Å²) in [4.78, 5) is 16.2. The Bertz CT molecular complexity index is 598. The van der Waals surface area contributed by atoms with E-state index in [1.807, 2.05) is 18.2 Å². The Labute approximate surface area is 126 Å². The topological polar surface area (TPSA) is 62.2 Å². The van der Waals surface area contributed by atoms with Crippen LogP contribution in [0.3, 0.4) is 0 Å². The summed E-state index contributed by atoms with van der Waals surface area (Å²) in [6.07, 6.45) is 0.101. The number of hydrogen-bond donors (Lipinski definition) is 2. The monoisotopic (exact) mass is 310 g/mol. The predicted molar refractivity (Wildman–Crippen MR) is 81.2 cm³/mol. The highest BCUT2D eigenvalue weighted by atomic mass is 35.5. The number of aliphatic hydroxyl groups is 1. The quantitative estimate of drug-likeness (QED) is 0.892. The van der Waals surface area contributed by atoms with Crippen molar-refractivity contribution in [1.29, 1.82) is 0 Å². The van der Waals surface area contributed by atoms with E-state index >= 15 is 0 Å². The SMILES string of the molecule is CC(O)CCNC(=O)c1csc(-c2cccc(Cl)c2)n1. The molecule has 2 aromatic rings. The molecule has 1 atom stereocenters. The second-order valence-corrected chi connectivity index (χ2v) is 5.74. The first-order valence-corrected chi connectivity index (χ1v) is 7.50. The number of carbonyl (C=O) groups excluding carboxylic acids is 1. The third kappa shape index (κ3) is 4.03. The van der Waals surface area contributed by atoms with E-state index in [1.165, 1.54) is 11.3 Å². The second-order valence-electron chi connectivity index (χ2n) is 4.44. The number of aliphatic hydroxyl groups excluding tert-OH is 1. The van der Waals surface area contributed by atoms with Crippen molar-refractivity contribution in [1.82, 2.24) is 10.3 Å². The smallest absolute Gasteiger partial charge is 0.270 e. The van der Waals surface area contributed by atoms with Gasteiger partial charge in [-0.3, -0.25) is 4.79 Å².